The van der Waals surface area contributed by atoms with Crippen molar-refractivity contribution in [2.45, 2.75) is 38.8 Å². The van der Waals surface area contributed by atoms with Crippen LogP contribution in [0.5, 0.6) is 0 Å². The van der Waals surface area contributed by atoms with Gasteiger partial charge in [0.05, 0.1) is 0 Å². The molecular formula is C6H14FSi. The Labute approximate surface area is 52.9 Å². The fraction of sp³-hybridized carbons (Fsp3) is 1.00. The van der Waals surface area contributed by atoms with Crippen molar-refractivity contribution in [3.05, 3.63) is 0 Å². The van der Waals surface area contributed by atoms with Crippen LogP contribution in [-0.4, -0.2) is 9.13 Å². The molecule has 0 aliphatic heterocycles. The van der Waals surface area contributed by atoms with E-state index in [0.717, 1.165) is 12.5 Å². The average molecular weight is 133 g/mol. The van der Waals surface area contributed by atoms with Crippen LogP contribution in [0.2, 0.25) is 11.6 Å². The van der Waals surface area contributed by atoms with Crippen molar-refractivity contribution in [1.82, 2.24) is 0 Å². The predicted molar refractivity (Wildman–Crippen MR) is 37.1 cm³/mol. The summed E-state index contributed by atoms with van der Waals surface area (Å²) >= 11 is 0. The first-order chi connectivity index (χ1) is 3.68. The molecule has 0 rings (SSSR count). The minimum absolute atomic E-state index is 0.306. The molecule has 0 atom stereocenters. The minimum Gasteiger partial charge on any atom is -0.314 e. The SMILES string of the molecule is CCC[Si](F)C(C)C. The summed E-state index contributed by atoms with van der Waals surface area (Å²) in [6, 6.07) is 0.822. The van der Waals surface area contributed by atoms with Gasteiger partial charge in [0.25, 0.3) is 9.13 Å². The minimum atomic E-state index is -1.46. The van der Waals surface area contributed by atoms with Crippen LogP contribution in [0.1, 0.15) is 27.2 Å². The van der Waals surface area contributed by atoms with Gasteiger partial charge >= 0.3 is 0 Å². The van der Waals surface area contributed by atoms with Crippen molar-refractivity contribution in [1.29, 1.82) is 0 Å². The number of rotatable bonds is 3. The monoisotopic (exact) mass is 133 g/mol. The fourth-order valence-corrected chi connectivity index (χ4v) is 1.58. The molecule has 0 aromatic carbocycles. The third-order valence-electron chi connectivity index (χ3n) is 1.12. The normalized spacial score (nSPS) is 11.2. The second kappa shape index (κ2) is 4.07. The molecule has 8 heavy (non-hydrogen) atoms. The standard InChI is InChI=1S/C6H14FSi/c1-4-5-8(7)6(2)3/h6H,4-5H2,1-3H3. The molecule has 0 bridgehead atoms. The Morgan fingerprint density at radius 1 is 1.50 bits per heavy atom. The highest BCUT2D eigenvalue weighted by molar-refractivity contribution is 6.52. The summed E-state index contributed by atoms with van der Waals surface area (Å²) in [5.41, 5.74) is 0.306. The summed E-state index contributed by atoms with van der Waals surface area (Å²) in [5.74, 6) is 0. The first-order valence-corrected chi connectivity index (χ1v) is 4.86. The van der Waals surface area contributed by atoms with Crippen molar-refractivity contribution >= 4 is 9.13 Å². The molecule has 0 saturated heterocycles. The lowest BCUT2D eigenvalue weighted by Gasteiger charge is -2.04. The molecule has 0 unspecified atom stereocenters. The van der Waals surface area contributed by atoms with Gasteiger partial charge in [-0.2, -0.15) is 0 Å². The molecule has 0 saturated carbocycles. The molecule has 0 aromatic heterocycles. The summed E-state index contributed by atoms with van der Waals surface area (Å²) in [6.45, 7) is 5.96. The zero-order chi connectivity index (χ0) is 6.57. The molecule has 0 nitrogen and oxygen atoms in total. The van der Waals surface area contributed by atoms with Gasteiger partial charge in [0, 0.05) is 0 Å². The van der Waals surface area contributed by atoms with Crippen LogP contribution >= 0.6 is 0 Å². The highest BCUT2D eigenvalue weighted by Gasteiger charge is 2.13. The van der Waals surface area contributed by atoms with E-state index in [2.05, 4.69) is 0 Å². The summed E-state index contributed by atoms with van der Waals surface area (Å²) in [5, 5.41) is 0. The average Bonchev–Trinajstić information content (AvgIpc) is 1.67. The molecular weight excluding hydrogens is 119 g/mol. The first kappa shape index (κ1) is 8.15. The lowest BCUT2D eigenvalue weighted by molar-refractivity contribution is 0.755. The van der Waals surface area contributed by atoms with E-state index in [1.807, 2.05) is 20.8 Å². The van der Waals surface area contributed by atoms with Crippen LogP contribution < -0.4 is 0 Å². The topological polar surface area (TPSA) is 0 Å². The van der Waals surface area contributed by atoms with Crippen LogP contribution in [0.3, 0.4) is 0 Å². The van der Waals surface area contributed by atoms with E-state index in [-0.39, 0.29) is 0 Å². The molecule has 0 N–H and O–H groups in total. The highest BCUT2D eigenvalue weighted by Crippen LogP contribution is 2.13. The summed E-state index contributed by atoms with van der Waals surface area (Å²) in [6.07, 6.45) is 1.00. The van der Waals surface area contributed by atoms with Gasteiger partial charge in [-0.1, -0.05) is 27.2 Å². The van der Waals surface area contributed by atoms with Crippen LogP contribution in [0.25, 0.3) is 0 Å². The molecule has 0 fully saturated rings. The van der Waals surface area contributed by atoms with E-state index in [1.54, 1.807) is 0 Å². The Kier molecular flexibility index (Phi) is 4.14. The van der Waals surface area contributed by atoms with Crippen LogP contribution in [0, 0.1) is 0 Å². The molecule has 2 heteroatoms. The highest BCUT2D eigenvalue weighted by atomic mass is 28.3. The van der Waals surface area contributed by atoms with Crippen LogP contribution in [0.15, 0.2) is 0 Å². The zero-order valence-corrected chi connectivity index (χ0v) is 6.87. The lowest BCUT2D eigenvalue weighted by Crippen LogP contribution is -2.08. The van der Waals surface area contributed by atoms with Crippen molar-refractivity contribution in [3.8, 4) is 0 Å². The third kappa shape index (κ3) is 3.19. The van der Waals surface area contributed by atoms with E-state index < -0.39 is 9.13 Å². The molecule has 49 valence electrons. The van der Waals surface area contributed by atoms with Crippen LogP contribution in [0.4, 0.5) is 4.11 Å². The number of halogens is 1. The van der Waals surface area contributed by atoms with Crippen molar-refractivity contribution in [3.63, 3.8) is 0 Å². The summed E-state index contributed by atoms with van der Waals surface area (Å²) in [7, 11) is -1.46. The van der Waals surface area contributed by atoms with E-state index >= 15 is 0 Å². The Hall–Kier alpha value is 0.147. The Bertz CT molecular complexity index is 54.5. The summed E-state index contributed by atoms with van der Waals surface area (Å²) < 4.78 is 12.6. The second-order valence-corrected chi connectivity index (χ2v) is 4.90. The molecule has 0 aliphatic carbocycles. The van der Waals surface area contributed by atoms with Crippen molar-refractivity contribution in [2.24, 2.45) is 0 Å². The molecule has 0 heterocycles. The second-order valence-electron chi connectivity index (χ2n) is 2.35. The number of hydrogen-bond acceptors (Lipinski definition) is 0. The maximum atomic E-state index is 12.6. The third-order valence-corrected chi connectivity index (χ3v) is 3.35. The molecule has 1 radical (unpaired) electrons. The van der Waals surface area contributed by atoms with Gasteiger partial charge in [-0.15, -0.1) is 0 Å². The van der Waals surface area contributed by atoms with Crippen LogP contribution in [-0.2, 0) is 0 Å². The van der Waals surface area contributed by atoms with E-state index in [1.165, 1.54) is 0 Å². The Balaban J connectivity index is 3.17. The molecule has 0 amide bonds. The van der Waals surface area contributed by atoms with Crippen molar-refractivity contribution in [2.75, 3.05) is 0 Å². The maximum absolute atomic E-state index is 12.6. The molecule has 0 aromatic rings. The van der Waals surface area contributed by atoms with Gasteiger partial charge < -0.3 is 4.11 Å². The molecule has 0 aliphatic rings. The fourth-order valence-electron chi connectivity index (χ4n) is 0.528. The van der Waals surface area contributed by atoms with Crippen molar-refractivity contribution < 1.29 is 4.11 Å². The van der Waals surface area contributed by atoms with E-state index in [4.69, 9.17) is 0 Å². The predicted octanol–water partition coefficient (Wildman–Crippen LogP) is 2.77. The summed E-state index contributed by atoms with van der Waals surface area (Å²) in [4.78, 5) is 0. The lowest BCUT2D eigenvalue weighted by atomic mass is 10.6. The van der Waals surface area contributed by atoms with Gasteiger partial charge in [-0.25, -0.2) is 0 Å². The molecule has 0 spiro atoms. The largest absolute Gasteiger partial charge is 0.314 e. The quantitative estimate of drug-likeness (QED) is 0.410. The zero-order valence-electron chi connectivity index (χ0n) is 5.87. The van der Waals surface area contributed by atoms with Gasteiger partial charge in [-0.05, 0) is 11.6 Å². The Morgan fingerprint density at radius 2 is 2.00 bits per heavy atom. The maximum Gasteiger partial charge on any atom is 0.273 e. The van der Waals surface area contributed by atoms with Gasteiger partial charge in [-0.3, -0.25) is 0 Å². The van der Waals surface area contributed by atoms with Gasteiger partial charge in [0.15, 0.2) is 0 Å². The van der Waals surface area contributed by atoms with Gasteiger partial charge in [0.2, 0.25) is 0 Å². The number of hydrogen-bond donors (Lipinski definition) is 0. The van der Waals surface area contributed by atoms with E-state index in [9.17, 15) is 4.11 Å². The smallest absolute Gasteiger partial charge is 0.273 e. The first-order valence-electron chi connectivity index (χ1n) is 3.19. The Morgan fingerprint density at radius 3 is 2.12 bits per heavy atom. The van der Waals surface area contributed by atoms with E-state index in [0.29, 0.717) is 5.54 Å². The van der Waals surface area contributed by atoms with Gasteiger partial charge in [0.1, 0.15) is 0 Å².